The van der Waals surface area contributed by atoms with Gasteiger partial charge in [0, 0.05) is 24.8 Å². The highest BCUT2D eigenvalue weighted by atomic mass is 15.2. The van der Waals surface area contributed by atoms with Crippen LogP contribution in [0.2, 0.25) is 0 Å². The number of rotatable bonds is 8. The Morgan fingerprint density at radius 1 is 1.11 bits per heavy atom. The number of likely N-dealkylation sites (N-methyl/N-ethyl adjacent to an activating group) is 1. The molecule has 0 bridgehead atoms. The van der Waals surface area contributed by atoms with Crippen molar-refractivity contribution in [1.82, 2.24) is 0 Å². The van der Waals surface area contributed by atoms with Gasteiger partial charge in [0.25, 0.3) is 0 Å². The van der Waals surface area contributed by atoms with Gasteiger partial charge in [0.15, 0.2) is 0 Å². The normalized spacial score (nSPS) is 14.2. The first kappa shape index (κ1) is 16.0. The summed E-state index contributed by atoms with van der Waals surface area (Å²) in [6.45, 7) is 7.40. The molecule has 0 aliphatic rings. The summed E-state index contributed by atoms with van der Waals surface area (Å²) in [6, 6.07) is 8.86. The van der Waals surface area contributed by atoms with Crippen molar-refractivity contribution in [3.8, 4) is 0 Å². The number of unbranched alkanes of at least 4 members (excludes halogenated alkanes) is 2. The average Bonchev–Trinajstić information content (AvgIpc) is 2.46. The zero-order valence-corrected chi connectivity index (χ0v) is 13.1. The lowest BCUT2D eigenvalue weighted by atomic mass is 9.92. The maximum atomic E-state index is 6.04. The molecule has 0 amide bonds. The van der Waals surface area contributed by atoms with Crippen molar-refractivity contribution < 1.29 is 0 Å². The lowest BCUT2D eigenvalue weighted by Gasteiger charge is -2.40. The van der Waals surface area contributed by atoms with Gasteiger partial charge in [0.2, 0.25) is 0 Å². The molecule has 1 aromatic carbocycles. The fraction of sp³-hybridized carbons (Fsp3) is 0.647. The van der Waals surface area contributed by atoms with E-state index >= 15 is 0 Å². The first-order valence-electron chi connectivity index (χ1n) is 7.60. The molecule has 2 N–H and O–H groups in total. The smallest absolute Gasteiger partial charge is 0.0492 e. The van der Waals surface area contributed by atoms with E-state index in [0.29, 0.717) is 6.54 Å². The van der Waals surface area contributed by atoms with Gasteiger partial charge in [-0.25, -0.2) is 0 Å². The quantitative estimate of drug-likeness (QED) is 0.718. The minimum atomic E-state index is 0.0584. The van der Waals surface area contributed by atoms with E-state index in [4.69, 9.17) is 5.73 Å². The van der Waals surface area contributed by atoms with E-state index in [1.54, 1.807) is 0 Å². The van der Waals surface area contributed by atoms with E-state index in [2.05, 4.69) is 57.0 Å². The Labute approximate surface area is 119 Å². The summed E-state index contributed by atoms with van der Waals surface area (Å²) in [7, 11) is 2.17. The summed E-state index contributed by atoms with van der Waals surface area (Å²) in [4.78, 5) is 2.35. The molecule has 0 aromatic heterocycles. The molecule has 1 atom stereocenters. The second-order valence-corrected chi connectivity index (χ2v) is 5.74. The molecule has 108 valence electrons. The molecule has 0 heterocycles. The highest BCUT2D eigenvalue weighted by molar-refractivity contribution is 5.49. The number of aryl methyl sites for hydroxylation is 1. The predicted molar refractivity (Wildman–Crippen MR) is 85.8 cm³/mol. The SMILES string of the molecule is CCCCCC(C)(CN)N(C)c1ccc(CC)cc1. The van der Waals surface area contributed by atoms with Crippen LogP contribution in [0.3, 0.4) is 0 Å². The molecule has 0 spiro atoms. The van der Waals surface area contributed by atoms with Gasteiger partial charge in [-0.15, -0.1) is 0 Å². The number of benzene rings is 1. The molecule has 1 unspecified atom stereocenters. The minimum absolute atomic E-state index is 0.0584. The standard InChI is InChI=1S/C17H30N2/c1-5-7-8-13-17(3,14-18)19(4)16-11-9-15(6-2)10-12-16/h9-12H,5-8,13-14,18H2,1-4H3. The Morgan fingerprint density at radius 3 is 2.21 bits per heavy atom. The number of hydrogen-bond donors (Lipinski definition) is 1. The monoisotopic (exact) mass is 262 g/mol. The fourth-order valence-electron chi connectivity index (χ4n) is 2.43. The average molecular weight is 262 g/mol. The Morgan fingerprint density at radius 2 is 1.74 bits per heavy atom. The third-order valence-corrected chi connectivity index (χ3v) is 4.30. The van der Waals surface area contributed by atoms with E-state index in [9.17, 15) is 0 Å². The van der Waals surface area contributed by atoms with Gasteiger partial charge < -0.3 is 10.6 Å². The third kappa shape index (κ3) is 4.24. The molecule has 2 nitrogen and oxygen atoms in total. The van der Waals surface area contributed by atoms with E-state index in [1.165, 1.54) is 30.5 Å². The van der Waals surface area contributed by atoms with Crippen LogP contribution in [0.15, 0.2) is 24.3 Å². The van der Waals surface area contributed by atoms with Gasteiger partial charge in [-0.1, -0.05) is 45.2 Å². The fourth-order valence-corrected chi connectivity index (χ4v) is 2.43. The molecular formula is C17H30N2. The van der Waals surface area contributed by atoms with Crippen LogP contribution in [0.5, 0.6) is 0 Å². The van der Waals surface area contributed by atoms with Gasteiger partial charge in [0.1, 0.15) is 0 Å². The first-order chi connectivity index (χ1) is 9.07. The lowest BCUT2D eigenvalue weighted by molar-refractivity contribution is 0.400. The number of nitrogens with two attached hydrogens (primary N) is 1. The van der Waals surface area contributed by atoms with Crippen LogP contribution in [0, 0.1) is 0 Å². The molecule has 0 saturated carbocycles. The van der Waals surface area contributed by atoms with E-state index in [-0.39, 0.29) is 5.54 Å². The number of anilines is 1. The van der Waals surface area contributed by atoms with Crippen LogP contribution < -0.4 is 10.6 Å². The Hall–Kier alpha value is -1.02. The number of hydrogen-bond acceptors (Lipinski definition) is 2. The Balaban J connectivity index is 2.77. The van der Waals surface area contributed by atoms with Gasteiger partial charge in [0.05, 0.1) is 0 Å². The maximum absolute atomic E-state index is 6.04. The summed E-state index contributed by atoms with van der Waals surface area (Å²) in [5, 5.41) is 0. The van der Waals surface area contributed by atoms with E-state index in [1.807, 2.05) is 0 Å². The molecule has 19 heavy (non-hydrogen) atoms. The maximum Gasteiger partial charge on any atom is 0.0492 e. The van der Waals surface area contributed by atoms with Crippen molar-refractivity contribution in [3.05, 3.63) is 29.8 Å². The van der Waals surface area contributed by atoms with Crippen molar-refractivity contribution in [1.29, 1.82) is 0 Å². The molecule has 1 aromatic rings. The van der Waals surface area contributed by atoms with Crippen LogP contribution in [0.1, 0.15) is 52.0 Å². The lowest BCUT2D eigenvalue weighted by Crippen LogP contribution is -2.50. The summed E-state index contributed by atoms with van der Waals surface area (Å²) in [5.41, 5.74) is 8.75. The summed E-state index contributed by atoms with van der Waals surface area (Å²) >= 11 is 0. The molecule has 0 radical (unpaired) electrons. The van der Waals surface area contributed by atoms with E-state index < -0.39 is 0 Å². The highest BCUT2D eigenvalue weighted by Crippen LogP contribution is 2.26. The zero-order valence-electron chi connectivity index (χ0n) is 13.1. The molecule has 2 heteroatoms. The Bertz CT molecular complexity index is 358. The second-order valence-electron chi connectivity index (χ2n) is 5.74. The minimum Gasteiger partial charge on any atom is -0.368 e. The Kier molecular flexibility index (Phi) is 6.36. The first-order valence-corrected chi connectivity index (χ1v) is 7.60. The van der Waals surface area contributed by atoms with Gasteiger partial charge in [-0.2, -0.15) is 0 Å². The van der Waals surface area contributed by atoms with Gasteiger partial charge in [-0.3, -0.25) is 0 Å². The highest BCUT2D eigenvalue weighted by Gasteiger charge is 2.27. The second kappa shape index (κ2) is 7.54. The molecule has 0 saturated heterocycles. The molecule has 0 fully saturated rings. The topological polar surface area (TPSA) is 29.3 Å². The third-order valence-electron chi connectivity index (χ3n) is 4.30. The van der Waals surface area contributed by atoms with Crippen molar-refractivity contribution in [3.63, 3.8) is 0 Å². The van der Waals surface area contributed by atoms with Crippen LogP contribution in [0.4, 0.5) is 5.69 Å². The van der Waals surface area contributed by atoms with Gasteiger partial charge >= 0.3 is 0 Å². The summed E-state index contributed by atoms with van der Waals surface area (Å²) in [6.07, 6.45) is 6.05. The van der Waals surface area contributed by atoms with Crippen molar-refractivity contribution in [2.24, 2.45) is 5.73 Å². The van der Waals surface area contributed by atoms with Crippen LogP contribution in [-0.4, -0.2) is 19.1 Å². The van der Waals surface area contributed by atoms with Crippen LogP contribution in [0.25, 0.3) is 0 Å². The largest absolute Gasteiger partial charge is 0.368 e. The molecule has 0 aliphatic carbocycles. The van der Waals surface area contributed by atoms with Crippen LogP contribution in [-0.2, 0) is 6.42 Å². The van der Waals surface area contributed by atoms with Crippen molar-refractivity contribution in [2.45, 2.75) is 58.4 Å². The number of nitrogens with zero attached hydrogens (tertiary/aromatic N) is 1. The van der Waals surface area contributed by atoms with E-state index in [0.717, 1.165) is 12.8 Å². The summed E-state index contributed by atoms with van der Waals surface area (Å²) in [5.74, 6) is 0. The van der Waals surface area contributed by atoms with Crippen LogP contribution >= 0.6 is 0 Å². The zero-order chi connectivity index (χ0) is 14.3. The van der Waals surface area contributed by atoms with Crippen molar-refractivity contribution >= 4 is 5.69 Å². The molecular weight excluding hydrogens is 232 g/mol. The summed E-state index contributed by atoms with van der Waals surface area (Å²) < 4.78 is 0. The van der Waals surface area contributed by atoms with Gasteiger partial charge in [-0.05, 0) is 37.5 Å². The van der Waals surface area contributed by atoms with Crippen molar-refractivity contribution in [2.75, 3.05) is 18.5 Å². The molecule has 0 aliphatic heterocycles. The predicted octanol–water partition coefficient (Wildman–Crippen LogP) is 3.98. The molecule has 1 rings (SSSR count).